The molecule has 2 aromatic heterocycles. The van der Waals surface area contributed by atoms with E-state index in [2.05, 4.69) is 4.98 Å². The Hall–Kier alpha value is -2.56. The van der Waals surface area contributed by atoms with Crippen LogP contribution in [0.25, 0.3) is 10.2 Å². The number of nitro groups is 1. The number of likely N-dealkylation sites (N-methyl/N-ethyl adjacent to an activating group) is 1. The Morgan fingerprint density at radius 2 is 2.00 bits per heavy atom. The highest BCUT2D eigenvalue weighted by Crippen LogP contribution is 2.33. The van der Waals surface area contributed by atoms with Gasteiger partial charge in [0.15, 0.2) is 5.13 Å². The van der Waals surface area contributed by atoms with Gasteiger partial charge in [0.05, 0.1) is 27.1 Å². The van der Waals surface area contributed by atoms with Crippen molar-refractivity contribution >= 4 is 48.9 Å². The van der Waals surface area contributed by atoms with E-state index in [0.29, 0.717) is 23.1 Å². The lowest BCUT2D eigenvalue weighted by Gasteiger charge is -2.21. The van der Waals surface area contributed by atoms with Crippen LogP contribution < -0.4 is 9.64 Å². The summed E-state index contributed by atoms with van der Waals surface area (Å²) in [5.74, 6) is 0.429. The molecular weight excluding hydrogens is 388 g/mol. The van der Waals surface area contributed by atoms with E-state index in [4.69, 9.17) is 4.74 Å². The van der Waals surface area contributed by atoms with E-state index >= 15 is 0 Å². The van der Waals surface area contributed by atoms with E-state index in [-0.39, 0.29) is 10.9 Å². The quantitative estimate of drug-likeness (QED) is 0.441. The summed E-state index contributed by atoms with van der Waals surface area (Å²) >= 11 is 2.26. The number of carbonyl (C=O) groups excluding carboxylic acids is 1. The third-order valence-electron chi connectivity index (χ3n) is 3.81. The van der Waals surface area contributed by atoms with Crippen LogP contribution in [0.5, 0.6) is 5.75 Å². The maximum atomic E-state index is 13.0. The highest BCUT2D eigenvalue weighted by molar-refractivity contribution is 7.22. The smallest absolute Gasteiger partial charge is 0.324 e. The van der Waals surface area contributed by atoms with Crippen LogP contribution in [0.3, 0.4) is 0 Å². The fourth-order valence-electron chi connectivity index (χ4n) is 2.39. The van der Waals surface area contributed by atoms with Crippen molar-refractivity contribution in [2.24, 2.45) is 0 Å². The molecule has 0 aliphatic rings. The largest absolute Gasteiger partial charge is 0.497 e. The maximum absolute atomic E-state index is 13.0. The van der Waals surface area contributed by atoms with Crippen molar-refractivity contribution in [3.63, 3.8) is 0 Å². The van der Waals surface area contributed by atoms with E-state index in [9.17, 15) is 14.9 Å². The first-order chi connectivity index (χ1) is 12.9. The Balaban J connectivity index is 1.96. The van der Waals surface area contributed by atoms with Crippen molar-refractivity contribution in [1.29, 1.82) is 0 Å². The van der Waals surface area contributed by atoms with Crippen molar-refractivity contribution in [1.82, 2.24) is 9.88 Å². The van der Waals surface area contributed by atoms with Gasteiger partial charge in [-0.3, -0.25) is 19.8 Å². The molecule has 10 heteroatoms. The van der Waals surface area contributed by atoms with Gasteiger partial charge in [-0.2, -0.15) is 0 Å². The van der Waals surface area contributed by atoms with Crippen molar-refractivity contribution in [3.8, 4) is 5.75 Å². The molecule has 0 bridgehead atoms. The number of anilines is 1. The van der Waals surface area contributed by atoms with Crippen LogP contribution in [0.2, 0.25) is 0 Å². The molecule has 8 nitrogen and oxygen atoms in total. The lowest BCUT2D eigenvalue weighted by atomic mass is 10.3. The number of ether oxygens (including phenoxy) is 1. The van der Waals surface area contributed by atoms with Crippen molar-refractivity contribution in [3.05, 3.63) is 45.3 Å². The summed E-state index contributed by atoms with van der Waals surface area (Å²) in [6, 6.07) is 8.38. The average molecular weight is 406 g/mol. The average Bonchev–Trinajstić information content (AvgIpc) is 3.27. The zero-order valence-electron chi connectivity index (χ0n) is 15.0. The van der Waals surface area contributed by atoms with Gasteiger partial charge in [-0.1, -0.05) is 22.7 Å². The molecule has 3 rings (SSSR count). The lowest BCUT2D eigenvalue weighted by molar-refractivity contribution is -0.380. The molecule has 1 aromatic carbocycles. The zero-order valence-corrected chi connectivity index (χ0v) is 16.7. The minimum absolute atomic E-state index is 0.0556. The van der Waals surface area contributed by atoms with Gasteiger partial charge in [0.25, 0.3) is 5.91 Å². The molecule has 27 heavy (non-hydrogen) atoms. The highest BCUT2D eigenvalue weighted by atomic mass is 32.1. The van der Waals surface area contributed by atoms with Crippen molar-refractivity contribution in [2.45, 2.75) is 0 Å². The summed E-state index contributed by atoms with van der Waals surface area (Å²) < 4.78 is 6.15. The number of amides is 1. The van der Waals surface area contributed by atoms with E-state index in [1.54, 1.807) is 12.0 Å². The van der Waals surface area contributed by atoms with E-state index < -0.39 is 4.92 Å². The second kappa shape index (κ2) is 7.99. The molecule has 0 saturated heterocycles. The molecule has 0 atom stereocenters. The molecule has 0 fully saturated rings. The van der Waals surface area contributed by atoms with Gasteiger partial charge >= 0.3 is 5.00 Å². The van der Waals surface area contributed by atoms with Crippen LogP contribution in [0.4, 0.5) is 10.1 Å². The molecule has 0 N–H and O–H groups in total. The number of benzene rings is 1. The van der Waals surface area contributed by atoms with Gasteiger partial charge in [-0.05, 0) is 38.4 Å². The number of hydrogen-bond acceptors (Lipinski definition) is 8. The lowest BCUT2D eigenvalue weighted by Crippen LogP contribution is -2.36. The van der Waals surface area contributed by atoms with Crippen LogP contribution in [0.15, 0.2) is 30.3 Å². The Morgan fingerprint density at radius 1 is 1.22 bits per heavy atom. The van der Waals surface area contributed by atoms with Crippen LogP contribution >= 0.6 is 22.7 Å². The molecule has 0 radical (unpaired) electrons. The molecule has 0 aliphatic carbocycles. The first-order valence-corrected chi connectivity index (χ1v) is 9.67. The summed E-state index contributed by atoms with van der Waals surface area (Å²) in [4.78, 5) is 31.9. The molecule has 3 aromatic rings. The molecule has 142 valence electrons. The summed E-state index contributed by atoms with van der Waals surface area (Å²) in [7, 11) is 5.43. The van der Waals surface area contributed by atoms with Gasteiger partial charge < -0.3 is 9.64 Å². The number of rotatable bonds is 7. The number of fused-ring (bicyclic) bond motifs is 1. The SMILES string of the molecule is COc1ccc2nc(N(CCN(C)C)C(=O)c3ccc([N+](=O)[O-])s3)sc2c1. The first kappa shape index (κ1) is 19.2. The number of aromatic nitrogens is 1. The molecule has 0 spiro atoms. The summed E-state index contributed by atoms with van der Waals surface area (Å²) in [5.41, 5.74) is 0.774. The fourth-order valence-corrected chi connectivity index (χ4v) is 4.18. The minimum atomic E-state index is -0.491. The number of thiophene rings is 1. The third kappa shape index (κ3) is 4.24. The Bertz CT molecular complexity index is 982. The first-order valence-electron chi connectivity index (χ1n) is 8.04. The zero-order chi connectivity index (χ0) is 19.6. The van der Waals surface area contributed by atoms with Gasteiger partial charge in [0.2, 0.25) is 0 Å². The Labute approximate surface area is 163 Å². The van der Waals surface area contributed by atoms with E-state index in [1.807, 2.05) is 37.2 Å². The molecule has 2 heterocycles. The molecule has 1 amide bonds. The van der Waals surface area contributed by atoms with Gasteiger partial charge in [-0.15, -0.1) is 0 Å². The van der Waals surface area contributed by atoms with Crippen LogP contribution in [0, 0.1) is 10.1 Å². The maximum Gasteiger partial charge on any atom is 0.324 e. The third-order valence-corrected chi connectivity index (χ3v) is 5.88. The van der Waals surface area contributed by atoms with Gasteiger partial charge in [-0.25, -0.2) is 4.98 Å². The second-order valence-electron chi connectivity index (χ2n) is 5.99. The van der Waals surface area contributed by atoms with E-state index in [1.165, 1.54) is 23.5 Å². The number of carbonyl (C=O) groups is 1. The molecular formula is C17H18N4O4S2. The second-order valence-corrected chi connectivity index (χ2v) is 8.06. The number of hydrogen-bond donors (Lipinski definition) is 0. The molecule has 0 saturated carbocycles. The number of methoxy groups -OCH3 is 1. The molecule has 0 aliphatic heterocycles. The van der Waals surface area contributed by atoms with Crippen LogP contribution in [-0.2, 0) is 0 Å². The van der Waals surface area contributed by atoms with Gasteiger partial charge in [0, 0.05) is 19.2 Å². The minimum Gasteiger partial charge on any atom is -0.497 e. The van der Waals surface area contributed by atoms with E-state index in [0.717, 1.165) is 27.3 Å². The van der Waals surface area contributed by atoms with Crippen molar-refractivity contribution < 1.29 is 14.5 Å². The molecule has 0 unspecified atom stereocenters. The highest BCUT2D eigenvalue weighted by Gasteiger charge is 2.24. The fraction of sp³-hybridized carbons (Fsp3) is 0.294. The van der Waals surface area contributed by atoms with Crippen LogP contribution in [0.1, 0.15) is 9.67 Å². The summed E-state index contributed by atoms with van der Waals surface area (Å²) in [6.07, 6.45) is 0. The monoisotopic (exact) mass is 406 g/mol. The number of nitrogens with zero attached hydrogens (tertiary/aromatic N) is 4. The predicted octanol–water partition coefficient (Wildman–Crippen LogP) is 3.48. The van der Waals surface area contributed by atoms with Gasteiger partial charge in [0.1, 0.15) is 5.75 Å². The summed E-state index contributed by atoms with van der Waals surface area (Å²) in [6.45, 7) is 1.06. The van der Waals surface area contributed by atoms with Crippen molar-refractivity contribution in [2.75, 3.05) is 39.2 Å². The number of thiazole rings is 1. The Morgan fingerprint density at radius 3 is 2.63 bits per heavy atom. The Kier molecular flexibility index (Phi) is 5.68. The topological polar surface area (TPSA) is 88.8 Å². The van der Waals surface area contributed by atoms with Crippen LogP contribution in [-0.4, -0.2) is 55.0 Å². The standard InChI is InChI=1S/C17H18N4O4S2/c1-19(2)8-9-20(16(22)13-6-7-15(26-13)21(23)24)17-18-12-5-4-11(25-3)10-14(12)27-17/h4-7,10H,8-9H2,1-3H3. The normalized spacial score (nSPS) is 11.1. The summed E-state index contributed by atoms with van der Waals surface area (Å²) in [5, 5.41) is 11.4. The predicted molar refractivity (Wildman–Crippen MR) is 107 cm³/mol.